The highest BCUT2D eigenvalue weighted by atomic mass is 32.2. The Morgan fingerprint density at radius 3 is 2.47 bits per heavy atom. The van der Waals surface area contributed by atoms with Crippen molar-refractivity contribution >= 4 is 39.5 Å². The Morgan fingerprint density at radius 1 is 1.00 bits per heavy atom. The fourth-order valence-corrected chi connectivity index (χ4v) is 4.61. The van der Waals surface area contributed by atoms with Crippen LogP contribution >= 0.6 is 11.8 Å². The second-order valence-electron chi connectivity index (χ2n) is 6.87. The van der Waals surface area contributed by atoms with Gasteiger partial charge in [-0.25, -0.2) is 4.98 Å². The molecule has 30 heavy (non-hydrogen) atoms. The van der Waals surface area contributed by atoms with Crippen LogP contribution < -0.4 is 5.56 Å². The molecule has 2 aromatic carbocycles. The Balaban J connectivity index is 1.66. The van der Waals surface area contributed by atoms with Crippen LogP contribution in [0, 0.1) is 0 Å². The lowest BCUT2D eigenvalue weighted by molar-refractivity contribution is 0.0715. The summed E-state index contributed by atoms with van der Waals surface area (Å²) in [5, 5.41) is 8.98. The molecule has 0 spiro atoms. The van der Waals surface area contributed by atoms with Gasteiger partial charge in [0.1, 0.15) is 5.82 Å². The van der Waals surface area contributed by atoms with Gasteiger partial charge in [-0.15, -0.1) is 10.2 Å². The number of hydrogen-bond donors (Lipinski definition) is 0. The predicted octanol–water partition coefficient (Wildman–Crippen LogP) is 4.18. The van der Waals surface area contributed by atoms with E-state index in [9.17, 15) is 13.6 Å². The third-order valence-electron chi connectivity index (χ3n) is 5.06. The third-order valence-corrected chi connectivity index (χ3v) is 6.10. The summed E-state index contributed by atoms with van der Waals surface area (Å²) >= 11 is 1.27. The molecule has 0 amide bonds. The molecule has 0 aliphatic rings. The molecular weight excluding hydrogens is 410 g/mol. The SMILES string of the molecule is C[C@H](Sc1nnc2n(C)c(=O)c3ccccc3n12)c1nc2ccccc2n1C(F)F. The van der Waals surface area contributed by atoms with Crippen LogP contribution in [0.15, 0.2) is 58.5 Å². The minimum atomic E-state index is -2.72. The van der Waals surface area contributed by atoms with Crippen molar-refractivity contribution in [1.82, 2.24) is 28.7 Å². The fraction of sp³-hybridized carbons (Fsp3) is 0.200. The van der Waals surface area contributed by atoms with E-state index in [0.29, 0.717) is 32.9 Å². The van der Waals surface area contributed by atoms with Crippen LogP contribution in [0.3, 0.4) is 0 Å². The van der Waals surface area contributed by atoms with Crippen LogP contribution in [-0.4, -0.2) is 28.7 Å². The number of alkyl halides is 2. The second-order valence-corrected chi connectivity index (χ2v) is 8.17. The summed E-state index contributed by atoms with van der Waals surface area (Å²) in [4.78, 5) is 17.0. The van der Waals surface area contributed by atoms with Gasteiger partial charge < -0.3 is 0 Å². The Morgan fingerprint density at radius 2 is 1.70 bits per heavy atom. The smallest absolute Gasteiger partial charge is 0.279 e. The molecular formula is C20H16F2N6OS. The number of fused-ring (bicyclic) bond motifs is 4. The van der Waals surface area contributed by atoms with Gasteiger partial charge in [0.2, 0.25) is 5.78 Å². The topological polar surface area (TPSA) is 70.0 Å². The molecule has 3 aromatic heterocycles. The number of thioether (sulfide) groups is 1. The number of hydrogen-bond acceptors (Lipinski definition) is 5. The molecule has 0 saturated carbocycles. The summed E-state index contributed by atoms with van der Waals surface area (Å²) in [6, 6.07) is 14.0. The van der Waals surface area contributed by atoms with Crippen molar-refractivity contribution in [2.45, 2.75) is 23.9 Å². The van der Waals surface area contributed by atoms with Crippen molar-refractivity contribution in [1.29, 1.82) is 0 Å². The first-order valence-electron chi connectivity index (χ1n) is 9.22. The van der Waals surface area contributed by atoms with Gasteiger partial charge in [-0.1, -0.05) is 36.0 Å². The summed E-state index contributed by atoms with van der Waals surface area (Å²) in [6.45, 7) is -0.914. The van der Waals surface area contributed by atoms with Gasteiger partial charge in [0.05, 0.1) is 27.2 Å². The number of para-hydroxylation sites is 3. The molecule has 0 fully saturated rings. The highest BCUT2D eigenvalue weighted by molar-refractivity contribution is 7.99. The standard InChI is InChI=1S/C20H16F2N6OS/c1-11(16-23-13-8-4-6-10-15(13)27(16)18(21)22)30-20-25-24-19-26(2)17(29)12-7-3-5-9-14(12)28(19)20/h3-11,18H,1-2H3/t11-/m0/s1. The fourth-order valence-electron chi connectivity index (χ4n) is 3.65. The minimum Gasteiger partial charge on any atom is -0.279 e. The zero-order valence-corrected chi connectivity index (χ0v) is 16.8. The van der Waals surface area contributed by atoms with E-state index >= 15 is 0 Å². The van der Waals surface area contributed by atoms with Gasteiger partial charge in [-0.05, 0) is 31.2 Å². The van der Waals surface area contributed by atoms with E-state index in [2.05, 4.69) is 15.2 Å². The van der Waals surface area contributed by atoms with E-state index in [1.807, 2.05) is 12.1 Å². The first-order valence-corrected chi connectivity index (χ1v) is 10.1. The Hall–Kier alpha value is -3.27. The molecule has 3 heterocycles. The van der Waals surface area contributed by atoms with Crippen LogP contribution in [0.25, 0.3) is 27.7 Å². The van der Waals surface area contributed by atoms with E-state index in [4.69, 9.17) is 0 Å². The molecule has 0 unspecified atom stereocenters. The monoisotopic (exact) mass is 426 g/mol. The van der Waals surface area contributed by atoms with Crippen molar-refractivity contribution in [3.05, 3.63) is 64.7 Å². The van der Waals surface area contributed by atoms with Crippen LogP contribution in [0.2, 0.25) is 0 Å². The zero-order chi connectivity index (χ0) is 21.0. The molecule has 10 heteroatoms. The minimum absolute atomic E-state index is 0.172. The molecule has 0 aliphatic heterocycles. The summed E-state index contributed by atoms with van der Waals surface area (Å²) in [7, 11) is 1.63. The van der Waals surface area contributed by atoms with Gasteiger partial charge >= 0.3 is 6.55 Å². The number of benzene rings is 2. The summed E-state index contributed by atoms with van der Waals surface area (Å²) in [6.07, 6.45) is 0. The Labute approximate surface area is 173 Å². The van der Waals surface area contributed by atoms with Crippen molar-refractivity contribution < 1.29 is 8.78 Å². The quantitative estimate of drug-likeness (QED) is 0.403. The highest BCUT2D eigenvalue weighted by Gasteiger charge is 2.25. The first-order chi connectivity index (χ1) is 14.5. The summed E-state index contributed by atoms with van der Waals surface area (Å²) < 4.78 is 31.8. The average Bonchev–Trinajstić information content (AvgIpc) is 3.34. The molecule has 0 radical (unpaired) electrons. The first kappa shape index (κ1) is 18.7. The maximum atomic E-state index is 13.8. The maximum Gasteiger partial charge on any atom is 0.320 e. The van der Waals surface area contributed by atoms with E-state index in [1.54, 1.807) is 54.8 Å². The van der Waals surface area contributed by atoms with E-state index < -0.39 is 11.8 Å². The average molecular weight is 426 g/mol. The number of imidazole rings is 1. The lowest BCUT2D eigenvalue weighted by Crippen LogP contribution is -2.20. The van der Waals surface area contributed by atoms with Crippen LogP contribution in [0.1, 0.15) is 24.5 Å². The molecule has 0 saturated heterocycles. The number of aromatic nitrogens is 6. The maximum absolute atomic E-state index is 13.8. The molecule has 1 atom stereocenters. The molecule has 5 aromatic rings. The van der Waals surface area contributed by atoms with E-state index in [0.717, 1.165) is 4.57 Å². The van der Waals surface area contributed by atoms with Gasteiger partial charge in [0.15, 0.2) is 5.16 Å². The largest absolute Gasteiger partial charge is 0.320 e. The van der Waals surface area contributed by atoms with Gasteiger partial charge in [-0.2, -0.15) is 8.78 Å². The van der Waals surface area contributed by atoms with Gasteiger partial charge in [-0.3, -0.25) is 18.3 Å². The third kappa shape index (κ3) is 2.71. The lowest BCUT2D eigenvalue weighted by atomic mass is 10.2. The molecule has 0 N–H and O–H groups in total. The molecule has 5 rings (SSSR count). The highest BCUT2D eigenvalue weighted by Crippen LogP contribution is 2.37. The second kappa shape index (κ2) is 6.91. The molecule has 152 valence electrons. The van der Waals surface area contributed by atoms with Crippen LogP contribution in [-0.2, 0) is 7.05 Å². The molecule has 0 bridgehead atoms. The van der Waals surface area contributed by atoms with Crippen molar-refractivity contribution in [3.63, 3.8) is 0 Å². The zero-order valence-electron chi connectivity index (χ0n) is 16.0. The van der Waals surface area contributed by atoms with Crippen LogP contribution in [0.5, 0.6) is 0 Å². The van der Waals surface area contributed by atoms with Crippen LogP contribution in [0.4, 0.5) is 8.78 Å². The van der Waals surface area contributed by atoms with Crippen molar-refractivity contribution in [3.8, 4) is 0 Å². The number of aryl methyl sites for hydroxylation is 1. The molecule has 7 nitrogen and oxygen atoms in total. The van der Waals surface area contributed by atoms with Crippen molar-refractivity contribution in [2.24, 2.45) is 7.05 Å². The number of nitrogens with zero attached hydrogens (tertiary/aromatic N) is 6. The normalized spacial score (nSPS) is 13.1. The number of rotatable bonds is 4. The van der Waals surface area contributed by atoms with Gasteiger partial charge in [0.25, 0.3) is 5.56 Å². The Kier molecular flexibility index (Phi) is 4.31. The van der Waals surface area contributed by atoms with Crippen molar-refractivity contribution in [2.75, 3.05) is 0 Å². The Bertz CT molecular complexity index is 1470. The summed E-state index contributed by atoms with van der Waals surface area (Å²) in [5.41, 5.74) is 1.39. The number of halogens is 2. The lowest BCUT2D eigenvalue weighted by Gasteiger charge is -2.13. The molecule has 0 aliphatic carbocycles. The van der Waals surface area contributed by atoms with E-state index in [-0.39, 0.29) is 11.4 Å². The summed E-state index contributed by atoms with van der Waals surface area (Å²) in [5.74, 6) is 0.637. The predicted molar refractivity (Wildman–Crippen MR) is 111 cm³/mol. The van der Waals surface area contributed by atoms with E-state index in [1.165, 1.54) is 16.3 Å². The van der Waals surface area contributed by atoms with Gasteiger partial charge in [0, 0.05) is 7.05 Å².